The summed E-state index contributed by atoms with van der Waals surface area (Å²) in [5.74, 6) is 3.97. The molecule has 1 aromatic carbocycles. The molecule has 1 aromatic heterocycles. The molecule has 2 aromatic rings. The van der Waals surface area contributed by atoms with Crippen LogP contribution < -0.4 is 19.5 Å². The number of carbonyl (C=O) groups is 1. The number of thioether (sulfide) groups is 1. The number of hydrogen-bond acceptors (Lipinski definition) is 6. The van der Waals surface area contributed by atoms with Crippen molar-refractivity contribution in [3.63, 3.8) is 0 Å². The van der Waals surface area contributed by atoms with Crippen LogP contribution in [0, 0.1) is 0 Å². The van der Waals surface area contributed by atoms with E-state index in [4.69, 9.17) is 14.2 Å². The summed E-state index contributed by atoms with van der Waals surface area (Å²) in [7, 11) is 0. The molecular weight excluding hydrogens is 340 g/mol. The standard InChI is InChI=1S/C18H18N2O4S/c21-18(20-8-12-1-3-15-16(7-12)23-11-22-15)13-2-4-17(19-9-13)24-14-5-6-25-10-14/h1-4,7,9,14H,5-6,8,10-11H2,(H,20,21). The Bertz CT molecular complexity index is 760. The van der Waals surface area contributed by atoms with Gasteiger partial charge in [-0.25, -0.2) is 4.98 Å². The maximum absolute atomic E-state index is 12.3. The van der Waals surface area contributed by atoms with E-state index >= 15 is 0 Å². The van der Waals surface area contributed by atoms with Crippen LogP contribution in [0.5, 0.6) is 17.4 Å². The Hall–Kier alpha value is -2.41. The SMILES string of the molecule is O=C(NCc1ccc2c(c1)OCO2)c1ccc(OC2CCSC2)nc1. The van der Waals surface area contributed by atoms with Crippen LogP contribution in [-0.4, -0.2) is 35.3 Å². The second-order valence-electron chi connectivity index (χ2n) is 5.86. The number of rotatable bonds is 5. The van der Waals surface area contributed by atoms with Crippen molar-refractivity contribution in [1.82, 2.24) is 10.3 Å². The molecule has 1 amide bonds. The van der Waals surface area contributed by atoms with E-state index in [1.165, 1.54) is 0 Å². The summed E-state index contributed by atoms with van der Waals surface area (Å²) >= 11 is 1.89. The van der Waals surface area contributed by atoms with Crippen molar-refractivity contribution >= 4 is 17.7 Å². The molecule has 3 heterocycles. The Morgan fingerprint density at radius 2 is 2.20 bits per heavy atom. The zero-order valence-electron chi connectivity index (χ0n) is 13.6. The fraction of sp³-hybridized carbons (Fsp3) is 0.333. The van der Waals surface area contributed by atoms with Crippen molar-refractivity contribution in [2.45, 2.75) is 19.1 Å². The third kappa shape index (κ3) is 3.82. The average molecular weight is 358 g/mol. The molecule has 0 radical (unpaired) electrons. The van der Waals surface area contributed by atoms with Gasteiger partial charge >= 0.3 is 0 Å². The molecule has 0 aliphatic carbocycles. The highest BCUT2D eigenvalue weighted by Gasteiger charge is 2.18. The van der Waals surface area contributed by atoms with Gasteiger partial charge in [0.25, 0.3) is 5.91 Å². The first-order chi connectivity index (χ1) is 12.3. The topological polar surface area (TPSA) is 69.7 Å². The zero-order valence-corrected chi connectivity index (χ0v) is 14.4. The van der Waals surface area contributed by atoms with E-state index in [-0.39, 0.29) is 18.8 Å². The van der Waals surface area contributed by atoms with E-state index in [0.29, 0.717) is 23.7 Å². The first-order valence-corrected chi connectivity index (χ1v) is 9.30. The van der Waals surface area contributed by atoms with Crippen molar-refractivity contribution in [1.29, 1.82) is 0 Å². The minimum Gasteiger partial charge on any atom is -0.473 e. The molecule has 6 nitrogen and oxygen atoms in total. The summed E-state index contributed by atoms with van der Waals surface area (Å²) in [6, 6.07) is 9.11. The van der Waals surface area contributed by atoms with Crippen LogP contribution in [0.15, 0.2) is 36.5 Å². The lowest BCUT2D eigenvalue weighted by Crippen LogP contribution is -2.23. The second-order valence-corrected chi connectivity index (χ2v) is 7.01. The van der Waals surface area contributed by atoms with Gasteiger partial charge in [0.05, 0.1) is 5.56 Å². The smallest absolute Gasteiger partial charge is 0.253 e. The van der Waals surface area contributed by atoms with E-state index in [0.717, 1.165) is 29.2 Å². The van der Waals surface area contributed by atoms with Crippen LogP contribution in [0.1, 0.15) is 22.3 Å². The molecular formula is C18H18N2O4S. The number of aromatic nitrogens is 1. The Labute approximate surface area is 149 Å². The normalized spacial score (nSPS) is 18.2. The van der Waals surface area contributed by atoms with Crippen LogP contribution in [0.4, 0.5) is 0 Å². The van der Waals surface area contributed by atoms with Crippen molar-refractivity contribution in [3.8, 4) is 17.4 Å². The van der Waals surface area contributed by atoms with Gasteiger partial charge in [0.2, 0.25) is 12.7 Å². The van der Waals surface area contributed by atoms with E-state index in [1.807, 2.05) is 30.0 Å². The molecule has 1 N–H and O–H groups in total. The van der Waals surface area contributed by atoms with E-state index in [1.54, 1.807) is 18.3 Å². The van der Waals surface area contributed by atoms with Gasteiger partial charge in [0, 0.05) is 24.6 Å². The number of fused-ring (bicyclic) bond motifs is 1. The molecule has 0 spiro atoms. The lowest BCUT2D eigenvalue weighted by atomic mass is 10.2. The summed E-state index contributed by atoms with van der Waals surface area (Å²) in [6.07, 6.45) is 2.82. The molecule has 4 rings (SSSR count). The quantitative estimate of drug-likeness (QED) is 0.886. The van der Waals surface area contributed by atoms with Crippen molar-refractivity contribution in [2.24, 2.45) is 0 Å². The number of amides is 1. The Kier molecular flexibility index (Phi) is 4.65. The fourth-order valence-corrected chi connectivity index (χ4v) is 3.79. The summed E-state index contributed by atoms with van der Waals surface area (Å²) in [6.45, 7) is 0.651. The summed E-state index contributed by atoms with van der Waals surface area (Å²) in [4.78, 5) is 16.5. The number of hydrogen-bond donors (Lipinski definition) is 1. The molecule has 2 aliphatic rings. The highest BCUT2D eigenvalue weighted by Crippen LogP contribution is 2.32. The van der Waals surface area contributed by atoms with Gasteiger partial charge in [-0.05, 0) is 35.9 Å². The summed E-state index contributed by atoms with van der Waals surface area (Å²) in [5.41, 5.74) is 1.46. The Morgan fingerprint density at radius 3 is 3.00 bits per heavy atom. The predicted molar refractivity (Wildman–Crippen MR) is 94.3 cm³/mol. The first-order valence-electron chi connectivity index (χ1n) is 8.15. The monoisotopic (exact) mass is 358 g/mol. The van der Waals surface area contributed by atoms with E-state index < -0.39 is 0 Å². The Morgan fingerprint density at radius 1 is 1.28 bits per heavy atom. The first kappa shape index (κ1) is 16.1. The highest BCUT2D eigenvalue weighted by atomic mass is 32.2. The van der Waals surface area contributed by atoms with Crippen LogP contribution in [0.2, 0.25) is 0 Å². The molecule has 1 unspecified atom stereocenters. The largest absolute Gasteiger partial charge is 0.473 e. The van der Waals surface area contributed by atoms with Crippen LogP contribution in [-0.2, 0) is 6.54 Å². The molecule has 1 fully saturated rings. The van der Waals surface area contributed by atoms with Crippen molar-refractivity contribution < 1.29 is 19.0 Å². The van der Waals surface area contributed by atoms with Crippen LogP contribution in [0.25, 0.3) is 0 Å². The number of ether oxygens (including phenoxy) is 3. The fourth-order valence-electron chi connectivity index (χ4n) is 2.70. The van der Waals surface area contributed by atoms with Gasteiger partial charge in [-0.2, -0.15) is 11.8 Å². The second kappa shape index (κ2) is 7.23. The number of pyridine rings is 1. The molecule has 1 atom stereocenters. The molecule has 1 saturated heterocycles. The lowest BCUT2D eigenvalue weighted by molar-refractivity contribution is 0.0950. The number of benzene rings is 1. The lowest BCUT2D eigenvalue weighted by Gasteiger charge is -2.11. The van der Waals surface area contributed by atoms with E-state index in [9.17, 15) is 4.79 Å². The Balaban J connectivity index is 1.33. The minimum absolute atomic E-state index is 0.173. The predicted octanol–water partition coefficient (Wildman–Crippen LogP) is 2.62. The molecule has 2 aliphatic heterocycles. The zero-order chi connectivity index (χ0) is 17.1. The minimum atomic E-state index is -0.173. The molecule has 0 saturated carbocycles. The molecule has 130 valence electrons. The van der Waals surface area contributed by atoms with Crippen molar-refractivity contribution in [2.75, 3.05) is 18.3 Å². The summed E-state index contributed by atoms with van der Waals surface area (Å²) in [5, 5.41) is 2.88. The third-order valence-corrected chi connectivity index (χ3v) is 5.20. The van der Waals surface area contributed by atoms with Crippen LogP contribution >= 0.6 is 11.8 Å². The van der Waals surface area contributed by atoms with Gasteiger partial charge in [-0.1, -0.05) is 6.07 Å². The van der Waals surface area contributed by atoms with Gasteiger partial charge in [0.15, 0.2) is 11.5 Å². The third-order valence-electron chi connectivity index (χ3n) is 4.06. The average Bonchev–Trinajstić information content (AvgIpc) is 3.31. The highest BCUT2D eigenvalue weighted by molar-refractivity contribution is 7.99. The van der Waals surface area contributed by atoms with Gasteiger partial charge in [0.1, 0.15) is 6.10 Å². The number of nitrogens with zero attached hydrogens (tertiary/aromatic N) is 1. The number of carbonyl (C=O) groups excluding carboxylic acids is 1. The molecule has 7 heteroatoms. The van der Waals surface area contributed by atoms with E-state index in [2.05, 4.69) is 10.3 Å². The maximum atomic E-state index is 12.3. The summed E-state index contributed by atoms with van der Waals surface area (Å²) < 4.78 is 16.4. The van der Waals surface area contributed by atoms with Crippen LogP contribution in [0.3, 0.4) is 0 Å². The maximum Gasteiger partial charge on any atom is 0.253 e. The molecule has 0 bridgehead atoms. The number of nitrogens with one attached hydrogen (secondary N) is 1. The van der Waals surface area contributed by atoms with Gasteiger partial charge in [-0.15, -0.1) is 0 Å². The molecule has 25 heavy (non-hydrogen) atoms. The van der Waals surface area contributed by atoms with Gasteiger partial charge < -0.3 is 19.5 Å². The van der Waals surface area contributed by atoms with Crippen molar-refractivity contribution in [3.05, 3.63) is 47.7 Å². The van der Waals surface area contributed by atoms with Gasteiger partial charge in [-0.3, -0.25) is 4.79 Å².